The fraction of sp³-hybridized carbons (Fsp3) is 0.222. The minimum atomic E-state index is 0.265. The van der Waals surface area contributed by atoms with Gasteiger partial charge in [0.15, 0.2) is 11.5 Å². The number of hydrogen-bond donors (Lipinski definition) is 0. The Balaban J connectivity index is 3.18. The summed E-state index contributed by atoms with van der Waals surface area (Å²) >= 11 is 5.82. The van der Waals surface area contributed by atoms with E-state index >= 15 is 0 Å². The summed E-state index contributed by atoms with van der Waals surface area (Å²) in [6, 6.07) is 3.01. The molecule has 0 aliphatic carbocycles. The summed E-state index contributed by atoms with van der Waals surface area (Å²) in [5.41, 5.74) is 0. The number of nitriles is 1. The average Bonchev–Trinajstić information content (AvgIpc) is 2.19. The van der Waals surface area contributed by atoms with E-state index in [2.05, 4.69) is 4.74 Å². The number of methoxy groups -OCH3 is 2. The van der Waals surface area contributed by atoms with Gasteiger partial charge in [0.05, 0.1) is 19.2 Å². The van der Waals surface area contributed by atoms with Crippen molar-refractivity contribution in [1.29, 1.82) is 5.26 Å². The van der Waals surface area contributed by atoms with E-state index < -0.39 is 0 Å². The minimum absolute atomic E-state index is 0.265. The van der Waals surface area contributed by atoms with Crippen LogP contribution in [0.4, 0.5) is 0 Å². The van der Waals surface area contributed by atoms with E-state index in [1.165, 1.54) is 20.3 Å². The number of nitrogens with zero attached hydrogens (tertiary/aromatic N) is 1. The highest BCUT2D eigenvalue weighted by Crippen LogP contribution is 2.37. The van der Waals surface area contributed by atoms with Crippen molar-refractivity contribution in [2.75, 3.05) is 14.2 Å². The molecule has 0 aliphatic heterocycles. The summed E-state index contributed by atoms with van der Waals surface area (Å²) in [7, 11) is 2.96. The van der Waals surface area contributed by atoms with Gasteiger partial charge in [-0.25, -0.2) is 0 Å². The molecular weight excluding hydrogens is 206 g/mol. The van der Waals surface area contributed by atoms with Gasteiger partial charge in [-0.05, 0) is 0 Å². The minimum Gasteiger partial charge on any atom is -0.495 e. The number of ether oxygens (including phenoxy) is 3. The second-order valence-electron chi connectivity index (χ2n) is 2.33. The van der Waals surface area contributed by atoms with Gasteiger partial charge in [0.25, 0.3) is 6.26 Å². The highest BCUT2D eigenvalue weighted by Gasteiger charge is 2.10. The molecule has 14 heavy (non-hydrogen) atoms. The highest BCUT2D eigenvalue weighted by molar-refractivity contribution is 6.32. The fourth-order valence-electron chi connectivity index (χ4n) is 0.961. The molecular formula is C9H8ClNO3. The first-order chi connectivity index (χ1) is 6.72. The third-order valence-corrected chi connectivity index (χ3v) is 1.89. The first-order valence-electron chi connectivity index (χ1n) is 3.70. The first kappa shape index (κ1) is 10.5. The lowest BCUT2D eigenvalue weighted by Gasteiger charge is -2.08. The van der Waals surface area contributed by atoms with Crippen molar-refractivity contribution in [3.8, 4) is 23.5 Å². The molecule has 74 valence electrons. The van der Waals surface area contributed by atoms with Gasteiger partial charge < -0.3 is 14.2 Å². The third kappa shape index (κ3) is 2.01. The van der Waals surface area contributed by atoms with Crippen LogP contribution in [0.25, 0.3) is 0 Å². The SMILES string of the molecule is COc1cc(OC)c(OC#N)cc1Cl. The summed E-state index contributed by atoms with van der Waals surface area (Å²) in [6.45, 7) is 0. The maximum Gasteiger partial charge on any atom is 0.292 e. The van der Waals surface area contributed by atoms with Crippen molar-refractivity contribution in [3.63, 3.8) is 0 Å². The number of halogens is 1. The molecule has 0 unspecified atom stereocenters. The van der Waals surface area contributed by atoms with Crippen LogP contribution < -0.4 is 14.2 Å². The van der Waals surface area contributed by atoms with Crippen LogP contribution in [0.5, 0.6) is 17.2 Å². The van der Waals surface area contributed by atoms with Crippen molar-refractivity contribution < 1.29 is 14.2 Å². The van der Waals surface area contributed by atoms with E-state index in [1.54, 1.807) is 12.3 Å². The molecule has 0 saturated heterocycles. The molecule has 0 atom stereocenters. The molecule has 0 heterocycles. The maximum atomic E-state index is 8.35. The molecule has 0 radical (unpaired) electrons. The Hall–Kier alpha value is -1.60. The fourth-order valence-corrected chi connectivity index (χ4v) is 1.19. The summed E-state index contributed by atoms with van der Waals surface area (Å²) in [5, 5.41) is 8.71. The monoisotopic (exact) mass is 213 g/mol. The van der Waals surface area contributed by atoms with Crippen molar-refractivity contribution >= 4 is 11.6 Å². The molecule has 5 heteroatoms. The average molecular weight is 214 g/mol. The van der Waals surface area contributed by atoms with E-state index in [0.29, 0.717) is 16.5 Å². The molecule has 0 aromatic heterocycles. The molecule has 1 aromatic carbocycles. The van der Waals surface area contributed by atoms with Gasteiger partial charge in [0.1, 0.15) is 5.75 Å². The molecule has 0 N–H and O–H groups in total. The Kier molecular flexibility index (Phi) is 3.43. The smallest absolute Gasteiger partial charge is 0.292 e. The van der Waals surface area contributed by atoms with Gasteiger partial charge in [-0.1, -0.05) is 11.6 Å². The Labute approximate surface area is 86.6 Å². The second-order valence-corrected chi connectivity index (χ2v) is 2.74. The van der Waals surface area contributed by atoms with E-state index in [1.807, 2.05) is 0 Å². The first-order valence-corrected chi connectivity index (χ1v) is 4.08. The number of hydrogen-bond acceptors (Lipinski definition) is 4. The molecule has 0 saturated carbocycles. The molecule has 1 rings (SSSR count). The van der Waals surface area contributed by atoms with Crippen molar-refractivity contribution in [2.45, 2.75) is 0 Å². The molecule has 0 bridgehead atoms. The summed E-state index contributed by atoms with van der Waals surface area (Å²) in [6.07, 6.45) is 1.54. The van der Waals surface area contributed by atoms with Crippen molar-refractivity contribution in [1.82, 2.24) is 0 Å². The Bertz CT molecular complexity index is 373. The van der Waals surface area contributed by atoms with E-state index in [-0.39, 0.29) is 5.75 Å². The van der Waals surface area contributed by atoms with Gasteiger partial charge in [0.2, 0.25) is 0 Å². The van der Waals surface area contributed by atoms with Gasteiger partial charge in [-0.3, -0.25) is 0 Å². The summed E-state index contributed by atoms with van der Waals surface area (Å²) < 4.78 is 14.6. The van der Waals surface area contributed by atoms with Crippen LogP contribution in [-0.2, 0) is 0 Å². The van der Waals surface area contributed by atoms with Crippen LogP contribution in [0.15, 0.2) is 12.1 Å². The van der Waals surface area contributed by atoms with Gasteiger partial charge in [0, 0.05) is 12.1 Å². The lowest BCUT2D eigenvalue weighted by Crippen LogP contribution is -1.92. The van der Waals surface area contributed by atoms with Crippen LogP contribution in [0, 0.1) is 11.5 Å². The van der Waals surface area contributed by atoms with Crippen LogP contribution in [0.3, 0.4) is 0 Å². The standard InChI is InChI=1S/C9H8ClNO3/c1-12-7-4-8(13-2)9(14-5-11)3-6(7)10/h3-4H,1-2H3. The molecule has 0 fully saturated rings. The quantitative estimate of drug-likeness (QED) is 0.723. The van der Waals surface area contributed by atoms with Gasteiger partial charge in [-0.2, -0.15) is 0 Å². The maximum absolute atomic E-state index is 8.35. The lowest BCUT2D eigenvalue weighted by atomic mass is 10.3. The van der Waals surface area contributed by atoms with Crippen LogP contribution in [0.2, 0.25) is 5.02 Å². The summed E-state index contributed by atoms with van der Waals surface area (Å²) in [4.78, 5) is 0. The van der Waals surface area contributed by atoms with Crippen LogP contribution in [0.1, 0.15) is 0 Å². The predicted molar refractivity (Wildman–Crippen MR) is 50.8 cm³/mol. The predicted octanol–water partition coefficient (Wildman–Crippen LogP) is 2.22. The number of rotatable bonds is 3. The molecule has 0 amide bonds. The highest BCUT2D eigenvalue weighted by atomic mass is 35.5. The zero-order valence-corrected chi connectivity index (χ0v) is 8.46. The van der Waals surface area contributed by atoms with Crippen LogP contribution in [-0.4, -0.2) is 14.2 Å². The molecule has 4 nitrogen and oxygen atoms in total. The molecule has 0 aliphatic rings. The van der Waals surface area contributed by atoms with Crippen LogP contribution >= 0.6 is 11.6 Å². The zero-order valence-electron chi connectivity index (χ0n) is 7.70. The van der Waals surface area contributed by atoms with E-state index in [9.17, 15) is 0 Å². The van der Waals surface area contributed by atoms with Crippen molar-refractivity contribution in [2.24, 2.45) is 0 Å². The Morgan fingerprint density at radius 1 is 1.14 bits per heavy atom. The third-order valence-electron chi connectivity index (χ3n) is 1.59. The van der Waals surface area contributed by atoms with E-state index in [0.717, 1.165) is 0 Å². The molecule has 0 spiro atoms. The van der Waals surface area contributed by atoms with E-state index in [4.69, 9.17) is 26.3 Å². The number of benzene rings is 1. The molecule has 1 aromatic rings. The topological polar surface area (TPSA) is 51.5 Å². The lowest BCUT2D eigenvalue weighted by molar-refractivity contribution is 0.373. The second kappa shape index (κ2) is 4.58. The normalized spacial score (nSPS) is 9.00. The Morgan fingerprint density at radius 2 is 1.79 bits per heavy atom. The van der Waals surface area contributed by atoms with Crippen molar-refractivity contribution in [3.05, 3.63) is 17.2 Å². The Morgan fingerprint density at radius 3 is 2.29 bits per heavy atom. The zero-order chi connectivity index (χ0) is 10.6. The van der Waals surface area contributed by atoms with Gasteiger partial charge in [-0.15, -0.1) is 5.26 Å². The van der Waals surface area contributed by atoms with Gasteiger partial charge >= 0.3 is 0 Å². The summed E-state index contributed by atoms with van der Waals surface area (Å²) in [5.74, 6) is 1.13. The largest absolute Gasteiger partial charge is 0.495 e.